The number of benzene rings is 2. The minimum absolute atomic E-state index is 0. The number of unbranched alkanes of at least 4 members (excludes halogenated alkanes) is 3. The summed E-state index contributed by atoms with van der Waals surface area (Å²) in [7, 11) is 0. The van der Waals surface area contributed by atoms with Crippen LogP contribution >= 0.6 is 11.6 Å². The summed E-state index contributed by atoms with van der Waals surface area (Å²) in [6.07, 6.45) is 12.0. The van der Waals surface area contributed by atoms with E-state index >= 15 is 0 Å². The van der Waals surface area contributed by atoms with Crippen LogP contribution < -0.4 is 4.74 Å². The summed E-state index contributed by atoms with van der Waals surface area (Å²) >= 11 is 6.27. The largest absolute Gasteiger partial charge is 0.494 e. The Bertz CT molecular complexity index is 975. The number of hydrogen-bond donors (Lipinski definition) is 0. The molecule has 2 aromatic rings. The fourth-order valence-corrected chi connectivity index (χ4v) is 7.58. The van der Waals surface area contributed by atoms with Crippen LogP contribution in [0.4, 0.5) is 0 Å². The van der Waals surface area contributed by atoms with Crippen molar-refractivity contribution in [1.29, 1.82) is 0 Å². The molecule has 4 aliphatic carbocycles. The van der Waals surface area contributed by atoms with E-state index in [0.717, 1.165) is 60.6 Å². The molecular formula is C34H48ClNO. The van der Waals surface area contributed by atoms with Crippen LogP contribution in [0.5, 0.6) is 5.75 Å². The van der Waals surface area contributed by atoms with E-state index in [1.165, 1.54) is 74.6 Å². The summed E-state index contributed by atoms with van der Waals surface area (Å²) in [4.78, 5) is 2.51. The van der Waals surface area contributed by atoms with Gasteiger partial charge in [0.2, 0.25) is 0 Å². The van der Waals surface area contributed by atoms with Gasteiger partial charge in [0.15, 0.2) is 0 Å². The quantitative estimate of drug-likeness (QED) is 0.258. The van der Waals surface area contributed by atoms with E-state index in [-0.39, 0.29) is 7.43 Å². The molecule has 202 valence electrons. The Morgan fingerprint density at radius 3 is 1.86 bits per heavy atom. The Kier molecular flexibility index (Phi) is 10.2. The van der Waals surface area contributed by atoms with Gasteiger partial charge in [0, 0.05) is 5.02 Å². The first-order valence-corrected chi connectivity index (χ1v) is 15.0. The van der Waals surface area contributed by atoms with Gasteiger partial charge in [-0.1, -0.05) is 75.6 Å². The molecule has 0 saturated heterocycles. The Labute approximate surface area is 231 Å². The molecular weight excluding hydrogens is 474 g/mol. The molecule has 0 unspecified atom stereocenters. The van der Waals surface area contributed by atoms with Crippen molar-refractivity contribution in [3.05, 3.63) is 70.3 Å². The van der Waals surface area contributed by atoms with Crippen molar-refractivity contribution in [2.75, 3.05) is 26.2 Å². The zero-order valence-electron chi connectivity index (χ0n) is 22.4. The molecule has 0 N–H and O–H groups in total. The second kappa shape index (κ2) is 13.3. The van der Waals surface area contributed by atoms with Gasteiger partial charge in [-0.15, -0.1) is 0 Å². The molecule has 37 heavy (non-hydrogen) atoms. The SMILES string of the molecule is C.CCN(CC)CCCCCCOc1ccc(C(=C2C3CC4CC(C3)CC2C4)c2ccc(Cl)cc2)cc1. The molecule has 2 aromatic carbocycles. The fraction of sp³-hybridized carbons (Fsp3) is 0.588. The average Bonchev–Trinajstić information content (AvgIpc) is 2.89. The van der Waals surface area contributed by atoms with Crippen molar-refractivity contribution in [1.82, 2.24) is 4.90 Å². The van der Waals surface area contributed by atoms with Gasteiger partial charge in [0.1, 0.15) is 5.75 Å². The standard InChI is InChI=1S/C33H44ClNO.CH4/c1-3-35(4-2)17-7-5-6-8-18-36-31-15-11-27(12-16-31)32(26-9-13-30(34)14-10-26)33-28-20-24-19-25(22-28)23-29(33)21-24;/h9-16,24-25,28-29H,3-8,17-23H2,1-2H3;1H4. The molecule has 0 amide bonds. The van der Waals surface area contributed by atoms with Gasteiger partial charge >= 0.3 is 0 Å². The highest BCUT2D eigenvalue weighted by atomic mass is 35.5. The summed E-state index contributed by atoms with van der Waals surface area (Å²) in [6.45, 7) is 8.86. The number of allylic oxidation sites excluding steroid dienone is 1. The highest BCUT2D eigenvalue weighted by Gasteiger charge is 2.46. The highest BCUT2D eigenvalue weighted by molar-refractivity contribution is 6.30. The van der Waals surface area contributed by atoms with Gasteiger partial charge in [-0.3, -0.25) is 0 Å². The smallest absolute Gasteiger partial charge is 0.119 e. The highest BCUT2D eigenvalue weighted by Crippen LogP contribution is 2.58. The van der Waals surface area contributed by atoms with E-state index in [0.29, 0.717) is 0 Å². The van der Waals surface area contributed by atoms with Crippen LogP contribution in [-0.4, -0.2) is 31.1 Å². The molecule has 2 nitrogen and oxygen atoms in total. The van der Waals surface area contributed by atoms with E-state index in [1.807, 2.05) is 12.1 Å². The predicted octanol–water partition coefficient (Wildman–Crippen LogP) is 9.52. The normalized spacial score (nSPS) is 23.8. The zero-order chi connectivity index (χ0) is 24.9. The molecule has 6 rings (SSSR count). The molecule has 0 aromatic heterocycles. The van der Waals surface area contributed by atoms with Gasteiger partial charge in [-0.05, 0) is 129 Å². The summed E-state index contributed by atoms with van der Waals surface area (Å²) in [5, 5.41) is 0.810. The third-order valence-corrected chi connectivity index (χ3v) is 9.37. The molecule has 0 heterocycles. The van der Waals surface area contributed by atoms with Crippen molar-refractivity contribution in [3.63, 3.8) is 0 Å². The van der Waals surface area contributed by atoms with Crippen LogP contribution in [0.1, 0.15) is 90.2 Å². The second-order valence-corrected chi connectivity index (χ2v) is 11.9. The Morgan fingerprint density at radius 2 is 1.30 bits per heavy atom. The van der Waals surface area contributed by atoms with Gasteiger partial charge in [0.05, 0.1) is 6.61 Å². The third-order valence-electron chi connectivity index (χ3n) is 9.11. The van der Waals surface area contributed by atoms with Gasteiger partial charge in [0.25, 0.3) is 0 Å². The zero-order valence-corrected chi connectivity index (χ0v) is 23.1. The molecule has 0 radical (unpaired) electrons. The molecule has 3 heteroatoms. The number of halogens is 1. The first-order valence-electron chi connectivity index (χ1n) is 14.6. The Hall–Kier alpha value is -1.77. The lowest BCUT2D eigenvalue weighted by Gasteiger charge is -2.52. The van der Waals surface area contributed by atoms with Gasteiger partial charge in [-0.2, -0.15) is 0 Å². The summed E-state index contributed by atoms with van der Waals surface area (Å²) in [6, 6.07) is 17.5. The Balaban J connectivity index is 0.00000320. The number of hydrogen-bond acceptors (Lipinski definition) is 2. The van der Waals surface area contributed by atoms with Gasteiger partial charge in [-0.25, -0.2) is 0 Å². The number of ether oxygens (including phenoxy) is 1. The van der Waals surface area contributed by atoms with Gasteiger partial charge < -0.3 is 9.64 Å². The molecule has 4 aliphatic rings. The van der Waals surface area contributed by atoms with E-state index in [2.05, 4.69) is 55.1 Å². The number of rotatable bonds is 12. The maximum atomic E-state index is 6.27. The monoisotopic (exact) mass is 521 g/mol. The van der Waals surface area contributed by atoms with Crippen molar-refractivity contribution in [2.24, 2.45) is 23.7 Å². The van der Waals surface area contributed by atoms with Crippen molar-refractivity contribution in [3.8, 4) is 5.75 Å². The molecule has 0 atom stereocenters. The first kappa shape index (κ1) is 28.2. The third kappa shape index (κ3) is 6.82. The first-order chi connectivity index (χ1) is 17.6. The summed E-state index contributed by atoms with van der Waals surface area (Å²) < 4.78 is 6.13. The number of nitrogens with zero attached hydrogens (tertiary/aromatic N) is 1. The Morgan fingerprint density at radius 1 is 0.757 bits per heavy atom. The van der Waals surface area contributed by atoms with E-state index in [9.17, 15) is 0 Å². The average molecular weight is 522 g/mol. The van der Waals surface area contributed by atoms with Crippen molar-refractivity contribution < 1.29 is 4.74 Å². The maximum Gasteiger partial charge on any atom is 0.119 e. The van der Waals surface area contributed by atoms with Crippen molar-refractivity contribution in [2.45, 2.75) is 79.1 Å². The maximum absolute atomic E-state index is 6.27. The minimum atomic E-state index is 0. The fourth-order valence-electron chi connectivity index (χ4n) is 7.46. The van der Waals surface area contributed by atoms with E-state index in [4.69, 9.17) is 16.3 Å². The van der Waals surface area contributed by atoms with Crippen molar-refractivity contribution >= 4 is 17.2 Å². The lowest BCUT2D eigenvalue weighted by atomic mass is 9.53. The molecule has 4 fully saturated rings. The van der Waals surface area contributed by atoms with Crippen LogP contribution in [0.15, 0.2) is 54.1 Å². The molecule has 4 bridgehead atoms. The van der Waals surface area contributed by atoms with Crippen LogP contribution in [-0.2, 0) is 0 Å². The summed E-state index contributed by atoms with van der Waals surface area (Å²) in [5.41, 5.74) is 5.87. The molecule has 0 spiro atoms. The van der Waals surface area contributed by atoms with Crippen LogP contribution in [0.3, 0.4) is 0 Å². The topological polar surface area (TPSA) is 12.5 Å². The van der Waals surface area contributed by atoms with Crippen LogP contribution in [0.2, 0.25) is 5.02 Å². The van der Waals surface area contributed by atoms with Crippen LogP contribution in [0.25, 0.3) is 5.57 Å². The second-order valence-electron chi connectivity index (χ2n) is 11.5. The van der Waals surface area contributed by atoms with Crippen LogP contribution in [0, 0.1) is 23.7 Å². The lowest BCUT2D eigenvalue weighted by Crippen LogP contribution is -2.40. The molecule has 4 saturated carbocycles. The minimum Gasteiger partial charge on any atom is -0.494 e. The lowest BCUT2D eigenvalue weighted by molar-refractivity contribution is 0.0705. The summed E-state index contributed by atoms with van der Waals surface area (Å²) in [5.74, 6) is 4.47. The van der Waals surface area contributed by atoms with E-state index < -0.39 is 0 Å². The predicted molar refractivity (Wildman–Crippen MR) is 159 cm³/mol. The molecule has 0 aliphatic heterocycles. The van der Waals surface area contributed by atoms with E-state index in [1.54, 1.807) is 5.57 Å².